The van der Waals surface area contributed by atoms with Crippen LogP contribution in [0.1, 0.15) is 12.8 Å². The van der Waals surface area contributed by atoms with Crippen molar-refractivity contribution in [3.05, 3.63) is 0 Å². The second-order valence-corrected chi connectivity index (χ2v) is 5.55. The minimum absolute atomic E-state index is 0.209. The fraction of sp³-hybridized carbons (Fsp3) is 1.00. The summed E-state index contributed by atoms with van der Waals surface area (Å²) in [7, 11) is -1.86. The molecule has 0 amide bonds. The minimum atomic E-state index is -3.37. The number of nitrogens with zero attached hydrogens (tertiary/aromatic N) is 1. The summed E-state index contributed by atoms with van der Waals surface area (Å²) in [5.41, 5.74) is 0. The van der Waals surface area contributed by atoms with Crippen LogP contribution in [0.15, 0.2) is 0 Å². The van der Waals surface area contributed by atoms with Crippen LogP contribution in [-0.2, 0) is 14.9 Å². The van der Waals surface area contributed by atoms with Crippen molar-refractivity contribution in [2.45, 2.75) is 18.9 Å². The zero-order valence-electron chi connectivity index (χ0n) is 8.78. The van der Waals surface area contributed by atoms with Crippen molar-refractivity contribution in [2.24, 2.45) is 0 Å². The molecule has 1 unspecified atom stereocenters. The molecule has 15 heavy (non-hydrogen) atoms. The molecule has 0 aromatic carbocycles. The molecule has 1 heterocycles. The van der Waals surface area contributed by atoms with Crippen LogP contribution in [0, 0.1) is 0 Å². The number of hydrogen-bond acceptors (Lipinski definition) is 3. The smallest absolute Gasteiger partial charge is 0.279 e. The second-order valence-electron chi connectivity index (χ2n) is 3.54. The van der Waals surface area contributed by atoms with Gasteiger partial charge in [0.2, 0.25) is 0 Å². The summed E-state index contributed by atoms with van der Waals surface area (Å²) in [6.07, 6.45) is 1.85. The number of halogens is 1. The maximum Gasteiger partial charge on any atom is 0.279 e. The molecule has 1 atom stereocenters. The van der Waals surface area contributed by atoms with E-state index in [0.29, 0.717) is 13.1 Å². The van der Waals surface area contributed by atoms with Gasteiger partial charge in [-0.3, -0.25) is 0 Å². The molecule has 1 rings (SSSR count). The Labute approximate surface area is 95.9 Å². The predicted molar refractivity (Wildman–Crippen MR) is 59.2 cm³/mol. The molecule has 1 aliphatic rings. The average molecular weight is 257 g/mol. The lowest BCUT2D eigenvalue weighted by Crippen LogP contribution is -2.46. The zero-order chi connectivity index (χ0) is 11.3. The quantitative estimate of drug-likeness (QED) is 0.690. The number of ether oxygens (including phenoxy) is 1. The van der Waals surface area contributed by atoms with Gasteiger partial charge in [0.25, 0.3) is 10.2 Å². The molecular weight excluding hydrogens is 240 g/mol. The molecule has 0 bridgehead atoms. The molecule has 0 saturated carbocycles. The third-order valence-electron chi connectivity index (χ3n) is 2.27. The van der Waals surface area contributed by atoms with E-state index in [9.17, 15) is 8.42 Å². The van der Waals surface area contributed by atoms with Gasteiger partial charge >= 0.3 is 0 Å². The first-order valence-electron chi connectivity index (χ1n) is 4.92. The highest BCUT2D eigenvalue weighted by molar-refractivity contribution is 7.87. The van der Waals surface area contributed by atoms with E-state index in [2.05, 4.69) is 4.72 Å². The Morgan fingerprint density at radius 2 is 2.07 bits per heavy atom. The second kappa shape index (κ2) is 6.00. The summed E-state index contributed by atoms with van der Waals surface area (Å²) in [5, 5.41) is 0. The van der Waals surface area contributed by atoms with E-state index >= 15 is 0 Å². The first kappa shape index (κ1) is 13.2. The molecular formula is C8H17ClN2O3S. The molecule has 1 aliphatic heterocycles. The minimum Gasteiger partial charge on any atom is -0.383 e. The van der Waals surface area contributed by atoms with E-state index in [1.165, 1.54) is 11.4 Å². The molecule has 1 fully saturated rings. The van der Waals surface area contributed by atoms with E-state index in [-0.39, 0.29) is 18.5 Å². The summed E-state index contributed by atoms with van der Waals surface area (Å²) in [6.45, 7) is 1.48. The Hall–Kier alpha value is 0.120. The topological polar surface area (TPSA) is 58.6 Å². The summed E-state index contributed by atoms with van der Waals surface area (Å²) in [5.74, 6) is 0.209. The van der Waals surface area contributed by atoms with Crippen molar-refractivity contribution in [1.29, 1.82) is 0 Å². The van der Waals surface area contributed by atoms with Gasteiger partial charge in [0, 0.05) is 26.1 Å². The monoisotopic (exact) mass is 256 g/mol. The Bertz CT molecular complexity index is 278. The number of hydrogen-bond donors (Lipinski definition) is 1. The maximum atomic E-state index is 11.8. The largest absolute Gasteiger partial charge is 0.383 e. The fourth-order valence-electron chi connectivity index (χ4n) is 1.52. The van der Waals surface area contributed by atoms with Crippen LogP contribution in [0.5, 0.6) is 0 Å². The average Bonchev–Trinajstić information content (AvgIpc) is 2.70. The number of nitrogens with one attached hydrogen (secondary N) is 1. The van der Waals surface area contributed by atoms with Crippen molar-refractivity contribution in [2.75, 3.05) is 32.7 Å². The molecule has 1 saturated heterocycles. The lowest BCUT2D eigenvalue weighted by molar-refractivity contribution is 0.180. The van der Waals surface area contributed by atoms with Crippen molar-refractivity contribution in [1.82, 2.24) is 9.03 Å². The maximum absolute atomic E-state index is 11.8. The van der Waals surface area contributed by atoms with Gasteiger partial charge in [-0.2, -0.15) is 17.4 Å². The molecule has 7 heteroatoms. The van der Waals surface area contributed by atoms with Crippen LogP contribution < -0.4 is 4.72 Å². The van der Waals surface area contributed by atoms with Crippen LogP contribution in [-0.4, -0.2) is 51.5 Å². The third-order valence-corrected chi connectivity index (χ3v) is 4.32. The molecule has 5 nitrogen and oxygen atoms in total. The first-order valence-corrected chi connectivity index (χ1v) is 6.90. The molecule has 0 aromatic heterocycles. The highest BCUT2D eigenvalue weighted by Crippen LogP contribution is 2.11. The zero-order valence-corrected chi connectivity index (χ0v) is 10.4. The Balaban J connectivity index is 2.53. The van der Waals surface area contributed by atoms with Crippen LogP contribution in [0.3, 0.4) is 0 Å². The molecule has 0 aliphatic carbocycles. The molecule has 0 spiro atoms. The Kier molecular flexibility index (Phi) is 5.28. The van der Waals surface area contributed by atoms with Crippen LogP contribution in [0.25, 0.3) is 0 Å². The molecule has 1 N–H and O–H groups in total. The first-order chi connectivity index (χ1) is 7.10. The standard InChI is InChI=1S/C8H17ClN2O3S/c1-14-7-8(6-9)10-15(12,13)11-4-2-3-5-11/h8,10H,2-7H2,1H3. The van der Waals surface area contributed by atoms with Gasteiger partial charge < -0.3 is 4.74 Å². The summed E-state index contributed by atoms with van der Waals surface area (Å²) < 4.78 is 32.4. The Morgan fingerprint density at radius 3 is 2.53 bits per heavy atom. The van der Waals surface area contributed by atoms with E-state index in [4.69, 9.17) is 16.3 Å². The van der Waals surface area contributed by atoms with E-state index in [0.717, 1.165) is 12.8 Å². The summed E-state index contributed by atoms with van der Waals surface area (Å²) >= 11 is 5.63. The van der Waals surface area contributed by atoms with Crippen molar-refractivity contribution >= 4 is 21.8 Å². The van der Waals surface area contributed by atoms with Crippen LogP contribution in [0.2, 0.25) is 0 Å². The summed E-state index contributed by atoms with van der Waals surface area (Å²) in [6, 6.07) is -0.359. The number of alkyl halides is 1. The van der Waals surface area contributed by atoms with Crippen LogP contribution in [0.4, 0.5) is 0 Å². The van der Waals surface area contributed by atoms with Crippen molar-refractivity contribution < 1.29 is 13.2 Å². The van der Waals surface area contributed by atoms with E-state index in [1.54, 1.807) is 0 Å². The SMILES string of the molecule is COCC(CCl)NS(=O)(=O)N1CCCC1. The normalized spacial score (nSPS) is 20.7. The fourth-order valence-corrected chi connectivity index (χ4v) is 3.24. The van der Waals surface area contributed by atoms with E-state index in [1.807, 2.05) is 0 Å². The van der Waals surface area contributed by atoms with E-state index < -0.39 is 10.2 Å². The van der Waals surface area contributed by atoms with Gasteiger partial charge in [-0.05, 0) is 12.8 Å². The Morgan fingerprint density at radius 1 is 1.47 bits per heavy atom. The van der Waals surface area contributed by atoms with Gasteiger partial charge in [-0.25, -0.2) is 0 Å². The third kappa shape index (κ3) is 3.88. The van der Waals surface area contributed by atoms with Gasteiger partial charge in [-0.15, -0.1) is 11.6 Å². The molecule has 0 radical (unpaired) electrons. The van der Waals surface area contributed by atoms with Gasteiger partial charge in [-0.1, -0.05) is 0 Å². The molecule has 0 aromatic rings. The number of rotatable bonds is 6. The van der Waals surface area contributed by atoms with Crippen molar-refractivity contribution in [3.63, 3.8) is 0 Å². The van der Waals surface area contributed by atoms with Gasteiger partial charge in [0.15, 0.2) is 0 Å². The predicted octanol–water partition coefficient (Wildman–Crippen LogP) is 0.170. The summed E-state index contributed by atoms with van der Waals surface area (Å²) in [4.78, 5) is 0. The lowest BCUT2D eigenvalue weighted by Gasteiger charge is -2.20. The van der Waals surface area contributed by atoms with Crippen molar-refractivity contribution in [3.8, 4) is 0 Å². The van der Waals surface area contributed by atoms with Gasteiger partial charge in [0.05, 0.1) is 12.6 Å². The lowest BCUT2D eigenvalue weighted by atomic mass is 10.4. The molecule has 90 valence electrons. The number of methoxy groups -OCH3 is 1. The van der Waals surface area contributed by atoms with Crippen LogP contribution >= 0.6 is 11.6 Å². The van der Waals surface area contributed by atoms with Gasteiger partial charge in [0.1, 0.15) is 0 Å². The highest BCUT2D eigenvalue weighted by Gasteiger charge is 2.27. The highest BCUT2D eigenvalue weighted by atomic mass is 35.5.